The SMILES string of the molecule is Cc1ccc(C(=O)NCCNCc2ccc(F)cc2C)cc1. The molecule has 0 aliphatic carbocycles. The van der Waals surface area contributed by atoms with Gasteiger partial charge < -0.3 is 10.6 Å². The summed E-state index contributed by atoms with van der Waals surface area (Å²) in [5.41, 5.74) is 3.79. The smallest absolute Gasteiger partial charge is 0.251 e. The summed E-state index contributed by atoms with van der Waals surface area (Å²) in [4.78, 5) is 11.9. The Balaban J connectivity index is 1.71. The molecular formula is C18H21FN2O. The van der Waals surface area contributed by atoms with E-state index in [1.807, 2.05) is 38.1 Å². The maximum Gasteiger partial charge on any atom is 0.251 e. The van der Waals surface area contributed by atoms with Crippen LogP contribution in [-0.4, -0.2) is 19.0 Å². The monoisotopic (exact) mass is 300 g/mol. The van der Waals surface area contributed by atoms with Crippen molar-refractivity contribution in [3.05, 3.63) is 70.5 Å². The highest BCUT2D eigenvalue weighted by Crippen LogP contribution is 2.09. The van der Waals surface area contributed by atoms with Gasteiger partial charge in [0.2, 0.25) is 0 Å². The number of carbonyl (C=O) groups excluding carboxylic acids is 1. The molecule has 3 nitrogen and oxygen atoms in total. The van der Waals surface area contributed by atoms with Crippen LogP contribution in [0.3, 0.4) is 0 Å². The van der Waals surface area contributed by atoms with Crippen LogP contribution in [-0.2, 0) is 6.54 Å². The molecule has 2 aromatic rings. The highest BCUT2D eigenvalue weighted by molar-refractivity contribution is 5.94. The predicted octanol–water partition coefficient (Wildman–Crippen LogP) is 2.96. The first-order valence-electron chi connectivity index (χ1n) is 7.37. The lowest BCUT2D eigenvalue weighted by molar-refractivity contribution is 0.0954. The summed E-state index contributed by atoms with van der Waals surface area (Å²) in [6, 6.07) is 12.2. The molecule has 0 spiro atoms. The Kier molecular flexibility index (Phi) is 5.67. The van der Waals surface area contributed by atoms with Gasteiger partial charge in [-0.15, -0.1) is 0 Å². The Morgan fingerprint density at radius 1 is 1.05 bits per heavy atom. The van der Waals surface area contributed by atoms with E-state index in [0.717, 1.165) is 16.7 Å². The molecule has 0 atom stereocenters. The van der Waals surface area contributed by atoms with E-state index in [0.29, 0.717) is 25.2 Å². The van der Waals surface area contributed by atoms with E-state index in [4.69, 9.17) is 0 Å². The molecule has 0 unspecified atom stereocenters. The van der Waals surface area contributed by atoms with Gasteiger partial charge >= 0.3 is 0 Å². The molecule has 2 aromatic carbocycles. The van der Waals surface area contributed by atoms with Crippen LogP contribution in [0.4, 0.5) is 4.39 Å². The zero-order valence-electron chi connectivity index (χ0n) is 12.9. The largest absolute Gasteiger partial charge is 0.351 e. The average molecular weight is 300 g/mol. The summed E-state index contributed by atoms with van der Waals surface area (Å²) in [5.74, 6) is -0.286. The average Bonchev–Trinajstić information content (AvgIpc) is 2.49. The molecule has 2 N–H and O–H groups in total. The lowest BCUT2D eigenvalue weighted by atomic mass is 10.1. The molecule has 0 saturated carbocycles. The van der Waals surface area contributed by atoms with Gasteiger partial charge in [0.15, 0.2) is 0 Å². The van der Waals surface area contributed by atoms with Crippen LogP contribution < -0.4 is 10.6 Å². The Bertz CT molecular complexity index is 638. The van der Waals surface area contributed by atoms with Crippen LogP contribution in [0.15, 0.2) is 42.5 Å². The summed E-state index contributed by atoms with van der Waals surface area (Å²) < 4.78 is 13.0. The zero-order valence-corrected chi connectivity index (χ0v) is 12.9. The molecule has 116 valence electrons. The lowest BCUT2D eigenvalue weighted by Crippen LogP contribution is -2.31. The second kappa shape index (κ2) is 7.71. The van der Waals surface area contributed by atoms with Crippen molar-refractivity contribution in [2.75, 3.05) is 13.1 Å². The van der Waals surface area contributed by atoms with E-state index in [9.17, 15) is 9.18 Å². The van der Waals surface area contributed by atoms with Gasteiger partial charge in [0, 0.05) is 25.2 Å². The van der Waals surface area contributed by atoms with Crippen LogP contribution in [0.1, 0.15) is 27.0 Å². The molecule has 0 heterocycles. The summed E-state index contributed by atoms with van der Waals surface area (Å²) >= 11 is 0. The lowest BCUT2D eigenvalue weighted by Gasteiger charge is -2.09. The van der Waals surface area contributed by atoms with Gasteiger partial charge in [-0.2, -0.15) is 0 Å². The van der Waals surface area contributed by atoms with Gasteiger partial charge in [-0.1, -0.05) is 23.8 Å². The predicted molar refractivity (Wildman–Crippen MR) is 86.4 cm³/mol. The van der Waals surface area contributed by atoms with Gasteiger partial charge in [0.05, 0.1) is 0 Å². The van der Waals surface area contributed by atoms with Crippen LogP contribution in [0.5, 0.6) is 0 Å². The van der Waals surface area contributed by atoms with Gasteiger partial charge in [-0.05, 0) is 49.2 Å². The summed E-state index contributed by atoms with van der Waals surface area (Å²) in [6.45, 7) is 5.75. The van der Waals surface area contributed by atoms with Crippen LogP contribution in [0, 0.1) is 19.7 Å². The molecule has 0 bridgehead atoms. The Morgan fingerprint density at radius 3 is 2.45 bits per heavy atom. The van der Waals surface area contributed by atoms with E-state index < -0.39 is 0 Å². The second-order valence-electron chi connectivity index (χ2n) is 5.37. The topological polar surface area (TPSA) is 41.1 Å². The molecule has 0 saturated heterocycles. The third-order valence-corrected chi connectivity index (χ3v) is 3.52. The molecule has 22 heavy (non-hydrogen) atoms. The number of halogens is 1. The second-order valence-corrected chi connectivity index (χ2v) is 5.37. The fraction of sp³-hybridized carbons (Fsp3) is 0.278. The third-order valence-electron chi connectivity index (χ3n) is 3.52. The number of aryl methyl sites for hydroxylation is 2. The first kappa shape index (κ1) is 16.2. The molecule has 0 aliphatic rings. The summed E-state index contributed by atoms with van der Waals surface area (Å²) in [5, 5.41) is 6.11. The minimum Gasteiger partial charge on any atom is -0.351 e. The summed E-state index contributed by atoms with van der Waals surface area (Å²) in [7, 11) is 0. The number of hydrogen-bond donors (Lipinski definition) is 2. The first-order chi connectivity index (χ1) is 10.6. The molecule has 2 rings (SSSR count). The molecule has 1 amide bonds. The Hall–Kier alpha value is -2.20. The van der Waals surface area contributed by atoms with Crippen molar-refractivity contribution in [2.24, 2.45) is 0 Å². The van der Waals surface area contributed by atoms with Crippen molar-refractivity contribution in [3.8, 4) is 0 Å². The highest BCUT2D eigenvalue weighted by atomic mass is 19.1. The molecular weight excluding hydrogens is 279 g/mol. The van der Waals surface area contributed by atoms with Gasteiger partial charge in [-0.25, -0.2) is 4.39 Å². The number of benzene rings is 2. The number of amides is 1. The van der Waals surface area contributed by atoms with Crippen molar-refractivity contribution in [2.45, 2.75) is 20.4 Å². The third kappa shape index (κ3) is 4.67. The standard InChI is InChI=1S/C18H21FN2O/c1-13-3-5-15(6-4-13)18(22)21-10-9-20-12-16-7-8-17(19)11-14(16)2/h3-8,11,20H,9-10,12H2,1-2H3,(H,21,22). The Morgan fingerprint density at radius 2 is 1.77 bits per heavy atom. The van der Waals surface area contributed by atoms with E-state index in [1.165, 1.54) is 12.1 Å². The minimum atomic E-state index is -0.216. The van der Waals surface area contributed by atoms with Gasteiger partial charge in [-0.3, -0.25) is 4.79 Å². The highest BCUT2D eigenvalue weighted by Gasteiger charge is 2.04. The zero-order chi connectivity index (χ0) is 15.9. The van der Waals surface area contributed by atoms with Crippen molar-refractivity contribution >= 4 is 5.91 Å². The first-order valence-corrected chi connectivity index (χ1v) is 7.37. The van der Waals surface area contributed by atoms with E-state index in [2.05, 4.69) is 10.6 Å². The van der Waals surface area contributed by atoms with Crippen LogP contribution >= 0.6 is 0 Å². The minimum absolute atomic E-state index is 0.0697. The number of hydrogen-bond acceptors (Lipinski definition) is 2. The number of nitrogens with one attached hydrogen (secondary N) is 2. The quantitative estimate of drug-likeness (QED) is 0.805. The van der Waals surface area contributed by atoms with Crippen molar-refractivity contribution in [1.82, 2.24) is 10.6 Å². The fourth-order valence-corrected chi connectivity index (χ4v) is 2.15. The maximum absolute atomic E-state index is 13.0. The van der Waals surface area contributed by atoms with E-state index >= 15 is 0 Å². The molecule has 0 fully saturated rings. The summed E-state index contributed by atoms with van der Waals surface area (Å²) in [6.07, 6.45) is 0. The molecule has 0 aliphatic heterocycles. The normalized spacial score (nSPS) is 10.5. The van der Waals surface area contributed by atoms with Gasteiger partial charge in [0.25, 0.3) is 5.91 Å². The molecule has 0 aromatic heterocycles. The number of rotatable bonds is 6. The van der Waals surface area contributed by atoms with Crippen molar-refractivity contribution in [3.63, 3.8) is 0 Å². The fourth-order valence-electron chi connectivity index (χ4n) is 2.15. The van der Waals surface area contributed by atoms with Crippen LogP contribution in [0.2, 0.25) is 0 Å². The number of carbonyl (C=O) groups is 1. The molecule has 4 heteroatoms. The van der Waals surface area contributed by atoms with E-state index in [-0.39, 0.29) is 11.7 Å². The van der Waals surface area contributed by atoms with Gasteiger partial charge in [0.1, 0.15) is 5.82 Å². The van der Waals surface area contributed by atoms with Crippen molar-refractivity contribution in [1.29, 1.82) is 0 Å². The Labute approximate surface area is 130 Å². The maximum atomic E-state index is 13.0. The van der Waals surface area contributed by atoms with E-state index in [1.54, 1.807) is 6.07 Å². The van der Waals surface area contributed by atoms with Crippen LogP contribution in [0.25, 0.3) is 0 Å². The van der Waals surface area contributed by atoms with Crippen molar-refractivity contribution < 1.29 is 9.18 Å². The molecule has 0 radical (unpaired) electrons.